The molecule has 1 aliphatic heterocycles. The van der Waals surface area contributed by atoms with E-state index in [2.05, 4.69) is 10.6 Å². The minimum absolute atomic E-state index is 0.00473. The molecule has 18 nitrogen and oxygen atoms in total. The van der Waals surface area contributed by atoms with Gasteiger partial charge in [0.1, 0.15) is 22.8 Å². The fourth-order valence-electron chi connectivity index (χ4n) is 6.70. The molecule has 3 aliphatic rings. The number of hydrogen-bond acceptors (Lipinski definition) is 15. The molecular formula is C37H45N3O15. The lowest BCUT2D eigenvalue weighted by atomic mass is 9.72. The number of rotatable bonds is 20. The average molecular weight is 772 g/mol. The minimum atomic E-state index is -2.27. The molecular weight excluding hydrogens is 726 g/mol. The van der Waals surface area contributed by atoms with E-state index >= 15 is 0 Å². The molecule has 6 N–H and O–H groups in total. The van der Waals surface area contributed by atoms with Crippen molar-refractivity contribution in [3.8, 4) is 17.2 Å². The number of hydrogen-bond donors (Lipinski definition) is 6. The van der Waals surface area contributed by atoms with E-state index < -0.39 is 64.6 Å². The first-order valence-electron chi connectivity index (χ1n) is 17.9. The highest BCUT2D eigenvalue weighted by Gasteiger charge is 2.48. The molecule has 55 heavy (non-hydrogen) atoms. The number of phenolic OH excluding ortho intramolecular Hbond substituents is 2. The molecule has 5 rings (SSSR count). The first kappa shape index (κ1) is 41.2. The Morgan fingerprint density at radius 1 is 0.800 bits per heavy atom. The Balaban J connectivity index is 0.961. The number of aliphatic hydroxyl groups excluding tert-OH is 1. The van der Waals surface area contributed by atoms with Gasteiger partial charge in [-0.2, -0.15) is 0 Å². The average Bonchev–Trinajstić information content (AvgIpc) is 3.48. The van der Waals surface area contributed by atoms with Crippen LogP contribution in [0.2, 0.25) is 0 Å². The molecule has 1 fully saturated rings. The summed E-state index contributed by atoms with van der Waals surface area (Å²) in [6.45, 7) is 2.36. The number of aliphatic hydroxyl groups is 2. The number of methoxy groups -OCH3 is 1. The monoisotopic (exact) mass is 771 g/mol. The largest absolute Gasteiger partial charge is 0.507 e. The fraction of sp³-hybridized carbons (Fsp3) is 0.514. The summed E-state index contributed by atoms with van der Waals surface area (Å²) in [7, 11) is 1.31. The number of benzene rings is 2. The van der Waals surface area contributed by atoms with Gasteiger partial charge in [0.05, 0.1) is 89.3 Å². The molecule has 298 valence electrons. The normalized spacial score (nSPS) is 18.9. The number of carbonyl (C=O) groups excluding carboxylic acids is 6. The van der Waals surface area contributed by atoms with Crippen molar-refractivity contribution in [2.24, 2.45) is 0 Å². The van der Waals surface area contributed by atoms with E-state index in [-0.39, 0.29) is 111 Å². The lowest BCUT2D eigenvalue weighted by Crippen LogP contribution is -2.52. The standard InChI is InChI=1S/C37H45N3O15/c1-51-24-4-2-3-21-29(24)35(48)31-30(32(21)45)33(46)22-19-37(50,20-23(41)28(22)34(31)47)36(49)39-9-8-38-25(42)7-11-52-13-15-54-17-18-55-16-14-53-12-10-40-26(43)5-6-27(40)44/h2-4,23,41,46-47,50H,5-20H2,1H3,(H,38,42)(H,39,49). The summed E-state index contributed by atoms with van der Waals surface area (Å²) in [6, 6.07) is 4.32. The second-order valence-electron chi connectivity index (χ2n) is 13.1. The molecule has 2 aromatic carbocycles. The van der Waals surface area contributed by atoms with Gasteiger partial charge < -0.3 is 54.7 Å². The molecule has 2 atom stereocenters. The summed E-state index contributed by atoms with van der Waals surface area (Å²) in [5.41, 5.74) is -3.98. The third-order valence-corrected chi connectivity index (χ3v) is 9.45. The third kappa shape index (κ3) is 9.29. The van der Waals surface area contributed by atoms with Crippen LogP contribution in [0.3, 0.4) is 0 Å². The summed E-state index contributed by atoms with van der Waals surface area (Å²) >= 11 is 0. The maximum Gasteiger partial charge on any atom is 0.252 e. The van der Waals surface area contributed by atoms with Crippen LogP contribution in [0.25, 0.3) is 0 Å². The van der Waals surface area contributed by atoms with Crippen LogP contribution in [-0.2, 0) is 44.5 Å². The maximum atomic E-state index is 13.5. The van der Waals surface area contributed by atoms with Crippen molar-refractivity contribution in [3.05, 3.63) is 51.6 Å². The Morgan fingerprint density at radius 2 is 1.38 bits per heavy atom. The number of aromatic hydroxyl groups is 2. The molecule has 0 aromatic heterocycles. The van der Waals surface area contributed by atoms with Crippen LogP contribution >= 0.6 is 0 Å². The van der Waals surface area contributed by atoms with E-state index in [0.29, 0.717) is 26.4 Å². The summed E-state index contributed by atoms with van der Waals surface area (Å²) in [6.07, 6.45) is -2.33. The number of ketones is 2. The van der Waals surface area contributed by atoms with Crippen LogP contribution in [-0.4, -0.2) is 146 Å². The molecule has 1 saturated heterocycles. The van der Waals surface area contributed by atoms with Crippen LogP contribution in [0.15, 0.2) is 18.2 Å². The number of likely N-dealkylation sites (tertiary alicyclic amines) is 1. The van der Waals surface area contributed by atoms with E-state index in [0.717, 1.165) is 0 Å². The lowest BCUT2D eigenvalue weighted by Gasteiger charge is -2.37. The van der Waals surface area contributed by atoms with Crippen molar-refractivity contribution in [2.45, 2.75) is 43.8 Å². The predicted molar refractivity (Wildman–Crippen MR) is 188 cm³/mol. The van der Waals surface area contributed by atoms with Gasteiger partial charge in [-0.3, -0.25) is 33.7 Å². The van der Waals surface area contributed by atoms with E-state index in [9.17, 15) is 49.2 Å². The van der Waals surface area contributed by atoms with Crippen LogP contribution in [0, 0.1) is 0 Å². The number of nitrogens with zero attached hydrogens (tertiary/aromatic N) is 1. The van der Waals surface area contributed by atoms with Gasteiger partial charge in [-0.25, -0.2) is 0 Å². The zero-order valence-corrected chi connectivity index (χ0v) is 30.3. The number of carbonyl (C=O) groups is 6. The molecule has 0 radical (unpaired) electrons. The van der Waals surface area contributed by atoms with Gasteiger partial charge in [0, 0.05) is 61.9 Å². The Bertz CT molecular complexity index is 1800. The fourth-order valence-corrected chi connectivity index (χ4v) is 6.70. The second-order valence-corrected chi connectivity index (χ2v) is 13.1. The number of amides is 4. The number of nitrogens with one attached hydrogen (secondary N) is 2. The van der Waals surface area contributed by atoms with Crippen molar-refractivity contribution < 1.29 is 72.9 Å². The summed E-state index contributed by atoms with van der Waals surface area (Å²) in [5.74, 6) is -4.59. The number of phenols is 2. The molecule has 0 spiro atoms. The van der Waals surface area contributed by atoms with E-state index in [1.54, 1.807) is 0 Å². The summed E-state index contributed by atoms with van der Waals surface area (Å²) in [4.78, 5) is 76.5. The topological polar surface area (TPSA) is 257 Å². The van der Waals surface area contributed by atoms with Crippen LogP contribution < -0.4 is 15.4 Å². The number of imide groups is 1. The van der Waals surface area contributed by atoms with E-state index in [4.69, 9.17) is 23.7 Å². The molecule has 0 bridgehead atoms. The number of fused-ring (bicyclic) bond motifs is 3. The third-order valence-electron chi connectivity index (χ3n) is 9.45. The smallest absolute Gasteiger partial charge is 0.252 e. The molecule has 1 heterocycles. The van der Waals surface area contributed by atoms with Crippen molar-refractivity contribution in [3.63, 3.8) is 0 Å². The maximum absolute atomic E-state index is 13.5. The van der Waals surface area contributed by atoms with Crippen molar-refractivity contribution >= 4 is 35.2 Å². The first-order chi connectivity index (χ1) is 26.4. The Kier molecular flexibility index (Phi) is 13.9. The molecule has 2 aliphatic carbocycles. The first-order valence-corrected chi connectivity index (χ1v) is 17.9. The van der Waals surface area contributed by atoms with Gasteiger partial charge in [-0.05, 0) is 6.07 Å². The quantitative estimate of drug-likeness (QED) is 0.0478. The van der Waals surface area contributed by atoms with Crippen LogP contribution in [0.5, 0.6) is 17.2 Å². The van der Waals surface area contributed by atoms with Gasteiger partial charge >= 0.3 is 0 Å². The Morgan fingerprint density at radius 3 is 2.02 bits per heavy atom. The molecule has 2 aromatic rings. The lowest BCUT2D eigenvalue weighted by molar-refractivity contribution is -0.144. The van der Waals surface area contributed by atoms with Gasteiger partial charge in [0.15, 0.2) is 5.78 Å². The summed E-state index contributed by atoms with van der Waals surface area (Å²) in [5, 5.41) is 49.7. The highest BCUT2D eigenvalue weighted by Crippen LogP contribution is 2.50. The van der Waals surface area contributed by atoms with Crippen molar-refractivity contribution in [2.75, 3.05) is 79.6 Å². The van der Waals surface area contributed by atoms with Gasteiger partial charge in [-0.15, -0.1) is 0 Å². The van der Waals surface area contributed by atoms with E-state index in [1.807, 2.05) is 0 Å². The van der Waals surface area contributed by atoms with Crippen LogP contribution in [0.4, 0.5) is 0 Å². The molecule has 0 saturated carbocycles. The molecule has 2 unspecified atom stereocenters. The van der Waals surface area contributed by atoms with Crippen molar-refractivity contribution in [1.29, 1.82) is 0 Å². The Hall–Kier alpha value is -4.98. The van der Waals surface area contributed by atoms with Gasteiger partial charge in [-0.1, -0.05) is 12.1 Å². The molecule has 18 heteroatoms. The zero-order chi connectivity index (χ0) is 39.7. The minimum Gasteiger partial charge on any atom is -0.507 e. The van der Waals surface area contributed by atoms with Crippen LogP contribution in [0.1, 0.15) is 74.8 Å². The summed E-state index contributed by atoms with van der Waals surface area (Å²) < 4.78 is 26.8. The van der Waals surface area contributed by atoms with E-state index in [1.165, 1.54) is 30.2 Å². The predicted octanol–water partition coefficient (Wildman–Crippen LogP) is -0.570. The highest BCUT2D eigenvalue weighted by atomic mass is 16.6. The zero-order valence-electron chi connectivity index (χ0n) is 30.3. The highest BCUT2D eigenvalue weighted by molar-refractivity contribution is 6.31. The second kappa shape index (κ2) is 18.6. The number of ether oxygens (including phenoxy) is 5. The van der Waals surface area contributed by atoms with Crippen molar-refractivity contribution in [1.82, 2.24) is 15.5 Å². The SMILES string of the molecule is COc1cccc2c1C(=O)c1c(O)c3c(c(O)c1C2=O)CC(O)(C(=O)NCCNC(=O)CCOCCOCCOCCOCCN1C(=O)CCC1=O)CC3O. The molecule has 4 amide bonds. The van der Waals surface area contributed by atoms with Gasteiger partial charge in [0.25, 0.3) is 5.91 Å². The van der Waals surface area contributed by atoms with Gasteiger partial charge in [0.2, 0.25) is 23.5 Å². The Labute approximate surface area is 315 Å².